The minimum atomic E-state index is -1.25. The quantitative estimate of drug-likeness (QED) is 0.00540. The molecular weight excluding hydrogens is 1410 g/mol. The standard InChI is InChI=1S/C35H58N2O10.C30H43O9.C3H6O.C2H8N2.16CH4/c1-10-11-19-45-30(40)25(2)20-35(6,32(42)44-9)21-28(27-15-13-12-14-16-27)17-18-34(4,5)31(41)46-23-29(39)24-47-33(43)36-37(7,8)22-26(3)38;1-7-8-16-36-25(31)21(2)17-30(5,27(33)35-6)18-23(22-12-10-9-11-13-22)14-15-29(3,4)26(32)37-19-24-20-38-28(34)39-24;1-3-2-4-3;1-4(2)3;;;;;;;;;;;;;;;;/h12-16,25-26,28-29,38-39H,10-11,17-24H2,1-9H3;9-13,21,23-24H,2,7-8,14-20H2,1,3-6H3;3H,2H2,1H3;3H2,1-2H3;16*1H4/q;+1;;;;;;;;;;;;;;;;;;. The Balaban J connectivity index is -0.0000000924. The summed E-state index contributed by atoms with van der Waals surface area (Å²) >= 11 is 0. The summed E-state index contributed by atoms with van der Waals surface area (Å²) in [4.78, 5) is 88.5. The van der Waals surface area contributed by atoms with Crippen molar-refractivity contribution >= 4 is 48.1 Å². The van der Waals surface area contributed by atoms with E-state index in [2.05, 4.69) is 18.9 Å². The first kappa shape index (κ1) is 142. The molecule has 0 aromatic heterocycles. The molecule has 0 bridgehead atoms. The number of hydrogen-bond acceptors (Lipinski definition) is 23. The van der Waals surface area contributed by atoms with Crippen molar-refractivity contribution in [1.29, 1.82) is 0 Å². The zero-order valence-corrected chi connectivity index (χ0v) is 59.4. The van der Waals surface area contributed by atoms with Crippen molar-refractivity contribution < 1.29 is 101 Å². The topological polar surface area (TPSA) is 320 Å². The van der Waals surface area contributed by atoms with Gasteiger partial charge >= 0.3 is 42.0 Å². The fraction of sp³-hybridized carbons (Fsp3) is 0.756. The Morgan fingerprint density at radius 1 is 0.609 bits per heavy atom. The van der Waals surface area contributed by atoms with Crippen LogP contribution < -0.4 is 10.9 Å². The van der Waals surface area contributed by atoms with Crippen LogP contribution in [-0.4, -0.2) is 187 Å². The van der Waals surface area contributed by atoms with Gasteiger partial charge in [0.1, 0.15) is 32.5 Å². The first-order valence-electron chi connectivity index (χ1n) is 32.6. The number of ether oxygens (including phenoxy) is 10. The number of likely N-dealkylation sites (N-methyl/N-ethyl adjacent to an activating group) is 1. The van der Waals surface area contributed by atoms with Crippen molar-refractivity contribution in [3.05, 3.63) is 78.7 Å². The number of carbonyl (C=O) groups excluding carboxylic acids is 7. The fourth-order valence-electron chi connectivity index (χ4n) is 10.3. The fourth-order valence-corrected chi connectivity index (χ4v) is 10.3. The van der Waals surface area contributed by atoms with Gasteiger partial charge in [0, 0.05) is 27.1 Å². The van der Waals surface area contributed by atoms with E-state index in [0.29, 0.717) is 57.8 Å². The molecule has 0 amide bonds. The highest BCUT2D eigenvalue weighted by Gasteiger charge is 2.44. The number of hydrazine groups is 1. The Morgan fingerprint density at radius 3 is 1.32 bits per heavy atom. The summed E-state index contributed by atoms with van der Waals surface area (Å²) in [6.07, 6.45) is 2.85. The molecule has 2 aliphatic heterocycles. The van der Waals surface area contributed by atoms with E-state index in [9.17, 15) is 48.9 Å². The number of rotatable bonds is 37. The van der Waals surface area contributed by atoms with Crippen LogP contribution in [0.3, 0.4) is 0 Å². The van der Waals surface area contributed by atoms with Crippen molar-refractivity contribution in [1.82, 2.24) is 5.01 Å². The lowest BCUT2D eigenvalue weighted by Crippen LogP contribution is -2.43. The van der Waals surface area contributed by atoms with E-state index in [1.807, 2.05) is 74.5 Å². The highest BCUT2D eigenvalue weighted by molar-refractivity contribution is 5.80. The van der Waals surface area contributed by atoms with Gasteiger partial charge in [0.25, 0.3) is 0 Å². The van der Waals surface area contributed by atoms with Crippen LogP contribution in [0.1, 0.15) is 295 Å². The van der Waals surface area contributed by atoms with Crippen LogP contribution in [-0.2, 0) is 76.1 Å². The normalized spacial score (nSPS) is 15.2. The number of hydrogen-bond donors (Lipinski definition) is 3. The number of aliphatic hydroxyl groups is 2. The van der Waals surface area contributed by atoms with Crippen molar-refractivity contribution in [2.75, 3.05) is 95.2 Å². The summed E-state index contributed by atoms with van der Waals surface area (Å²) in [7, 11) is 9.47. The number of carbonyl (C=O) groups is 7. The molecule has 4 rings (SSSR count). The first-order valence-corrected chi connectivity index (χ1v) is 32.6. The van der Waals surface area contributed by atoms with Gasteiger partial charge in [0.05, 0.1) is 94.8 Å². The summed E-state index contributed by atoms with van der Waals surface area (Å²) in [6.45, 7) is 25.1. The number of benzene rings is 2. The third-order valence-corrected chi connectivity index (χ3v) is 15.7. The van der Waals surface area contributed by atoms with E-state index in [0.717, 1.165) is 43.4 Å². The van der Waals surface area contributed by atoms with Gasteiger partial charge in [-0.25, -0.2) is 9.59 Å². The monoisotopic (exact) mass is 1590 g/mol. The third kappa shape index (κ3) is 58.3. The molecule has 2 aromatic rings. The van der Waals surface area contributed by atoms with Gasteiger partial charge in [-0.2, -0.15) is 4.59 Å². The maximum absolute atomic E-state index is 13.2. The number of aliphatic hydroxyl groups excluding tert-OH is 2. The molecule has 2 saturated heterocycles. The van der Waals surface area contributed by atoms with E-state index < -0.39 is 101 Å². The zero-order valence-electron chi connectivity index (χ0n) is 59.4. The number of nitrogens with zero attached hydrogens (tertiary/aromatic N) is 3. The van der Waals surface area contributed by atoms with Crippen LogP contribution in [0, 0.1) is 40.4 Å². The van der Waals surface area contributed by atoms with Crippen molar-refractivity contribution in [2.24, 2.45) is 44.4 Å². The molecule has 2 aliphatic rings. The van der Waals surface area contributed by atoms with Crippen LogP contribution >= 0.6 is 0 Å². The van der Waals surface area contributed by atoms with E-state index in [-0.39, 0.29) is 180 Å². The number of quaternary nitrogens is 1. The molecule has 24 nitrogen and oxygen atoms in total. The van der Waals surface area contributed by atoms with Crippen LogP contribution in [0.4, 0.5) is 4.79 Å². The second-order valence-electron chi connectivity index (χ2n) is 27.2. The molecule has 4 N–H and O–H groups in total. The first-order chi connectivity index (χ1) is 43.9. The van der Waals surface area contributed by atoms with E-state index in [1.165, 1.54) is 19.2 Å². The second-order valence-corrected chi connectivity index (χ2v) is 27.2. The predicted octanol–water partition coefficient (Wildman–Crippen LogP) is 18.9. The van der Waals surface area contributed by atoms with Crippen molar-refractivity contribution in [3.8, 4) is 0 Å². The third-order valence-electron chi connectivity index (χ3n) is 15.7. The maximum Gasteiger partial charge on any atom is 0.508 e. The molecule has 24 heteroatoms. The Bertz CT molecular complexity index is 2580. The lowest BCUT2D eigenvalue weighted by molar-refractivity contribution is -0.901. The average molecular weight is 1590 g/mol. The van der Waals surface area contributed by atoms with Crippen LogP contribution in [0.15, 0.2) is 65.8 Å². The summed E-state index contributed by atoms with van der Waals surface area (Å²) in [5.41, 5.74) is -1.79. The number of esters is 6. The lowest BCUT2D eigenvalue weighted by Gasteiger charge is -2.34. The molecule has 2 aromatic carbocycles. The Labute approximate surface area is 677 Å². The Kier molecular flexibility index (Phi) is 92.2. The summed E-state index contributed by atoms with van der Waals surface area (Å²) < 4.78 is 51.1. The Morgan fingerprint density at radius 2 is 0.973 bits per heavy atom. The SMILES string of the molecule is C.C.C.C.C.C.C.C.C.C.C.C.C.C.C.C.CC1CO1.CCCCOC(=O)C(C)CC(C)(CC(CCC(C)(C)C(=O)OCC(O)COC([O-])=N[N+](C)(C)CC(C)O)c1ccccc1)C(=O)OC.CN(C)N.[CH2+]C(CC(C)(CC(CCC(C)(C)C(=O)OCC1COC(=O)O1)c1ccccc1)C(=O)OC)C(=O)OCCCC. The van der Waals surface area contributed by atoms with Gasteiger partial charge in [-0.1, -0.05) is 218 Å². The van der Waals surface area contributed by atoms with Gasteiger partial charge < -0.3 is 62.7 Å². The molecule has 0 spiro atoms. The highest BCUT2D eigenvalue weighted by atomic mass is 16.8. The summed E-state index contributed by atoms with van der Waals surface area (Å²) in [5, 5.41) is 37.2. The molecule has 2 heterocycles. The lowest BCUT2D eigenvalue weighted by atomic mass is 9.71. The van der Waals surface area contributed by atoms with Gasteiger partial charge in [-0.3, -0.25) is 34.8 Å². The largest absolute Gasteiger partial charge is 0.594 e. The predicted molar refractivity (Wildman–Crippen MR) is 460 cm³/mol. The Hall–Kier alpha value is -6.57. The average Bonchev–Trinajstić information content (AvgIpc) is 0.983. The van der Waals surface area contributed by atoms with Crippen LogP contribution in [0.5, 0.6) is 0 Å². The number of cyclic esters (lactones) is 2. The van der Waals surface area contributed by atoms with Gasteiger partial charge in [-0.15, -0.1) is 0 Å². The smallest absolute Gasteiger partial charge is 0.508 e. The van der Waals surface area contributed by atoms with Gasteiger partial charge in [-0.05, 0) is 136 Å². The maximum atomic E-state index is 13.2. The van der Waals surface area contributed by atoms with Crippen LogP contribution in [0.25, 0.3) is 0 Å². The number of unbranched alkanes of at least 4 members (excludes halogenated alkanes) is 2. The van der Waals surface area contributed by atoms with E-state index >= 15 is 0 Å². The summed E-state index contributed by atoms with van der Waals surface area (Å²) in [5.74, 6) is 0.848. The summed E-state index contributed by atoms with van der Waals surface area (Å²) in [6, 6.07) is 19.4. The molecule has 110 heavy (non-hydrogen) atoms. The number of epoxide rings is 1. The van der Waals surface area contributed by atoms with E-state index in [4.69, 9.17) is 53.2 Å². The van der Waals surface area contributed by atoms with Gasteiger partial charge in [0.15, 0.2) is 12.0 Å². The number of nitrogens with two attached hydrogens (primary N) is 1. The molecule has 2 fully saturated rings. The zero-order chi connectivity index (χ0) is 71.5. The van der Waals surface area contributed by atoms with Gasteiger partial charge in [0.2, 0.25) is 6.08 Å². The minimum Gasteiger partial charge on any atom is -0.594 e. The number of methoxy groups -OCH3 is 2. The minimum absolute atomic E-state index is 0. The molecule has 0 aliphatic carbocycles. The molecule has 0 saturated carbocycles. The van der Waals surface area contributed by atoms with Crippen molar-refractivity contribution in [2.45, 2.75) is 308 Å². The molecule has 10 atom stereocenters. The molecular formula is C86H179N4O20+. The van der Waals surface area contributed by atoms with E-state index in [1.54, 1.807) is 83.6 Å². The second kappa shape index (κ2) is 71.5. The molecule has 10 unspecified atom stereocenters. The van der Waals surface area contributed by atoms with Crippen LogP contribution in [0.2, 0.25) is 0 Å². The highest BCUT2D eigenvalue weighted by Crippen LogP contribution is 2.44. The van der Waals surface area contributed by atoms with Crippen molar-refractivity contribution in [3.63, 3.8) is 0 Å². The molecule has 0 radical (unpaired) electrons. The molecule has 662 valence electrons.